The van der Waals surface area contributed by atoms with Crippen molar-refractivity contribution in [1.82, 2.24) is 0 Å². The number of hydrogen-bond acceptors (Lipinski definition) is 0. The number of fused-ring (bicyclic) bond motifs is 1. The van der Waals surface area contributed by atoms with Crippen LogP contribution in [0.1, 0.15) is 95.4 Å². The van der Waals surface area contributed by atoms with E-state index in [1.165, 1.54) is 55.7 Å². The van der Waals surface area contributed by atoms with Gasteiger partial charge in [0, 0.05) is 11.8 Å². The first kappa shape index (κ1) is 25.2. The Kier molecular flexibility index (Phi) is 6.96. The van der Waals surface area contributed by atoms with Gasteiger partial charge in [-0.3, -0.25) is 0 Å². The topological polar surface area (TPSA) is 0 Å². The quantitative estimate of drug-likeness (QED) is 0.414. The molecule has 0 aliphatic heterocycles. The van der Waals surface area contributed by atoms with Gasteiger partial charge in [0.05, 0.1) is 0 Å². The zero-order valence-electron chi connectivity index (χ0n) is 22.8. The predicted octanol–water partition coefficient (Wildman–Crippen LogP) is 10.1. The van der Waals surface area contributed by atoms with Crippen molar-refractivity contribution in [2.45, 2.75) is 78.6 Å². The van der Waals surface area contributed by atoms with Gasteiger partial charge in [0.1, 0.15) is 0 Å². The van der Waals surface area contributed by atoms with Gasteiger partial charge in [-0.2, -0.15) is 0 Å². The van der Waals surface area contributed by atoms with E-state index in [-0.39, 0.29) is 11.3 Å². The fourth-order valence-electron chi connectivity index (χ4n) is 5.75. The second kappa shape index (κ2) is 9.65. The average Bonchev–Trinajstić information content (AvgIpc) is 3.12. The largest absolute Gasteiger partial charge is 0.0955 e. The van der Waals surface area contributed by atoms with Gasteiger partial charge < -0.3 is 0 Å². The van der Waals surface area contributed by atoms with Crippen molar-refractivity contribution in [3.8, 4) is 0 Å². The summed E-state index contributed by atoms with van der Waals surface area (Å²) in [6, 6.07) is 18.4. The Morgan fingerprint density at radius 2 is 1.63 bits per heavy atom. The maximum atomic E-state index is 4.68. The maximum absolute atomic E-state index is 4.68. The lowest BCUT2D eigenvalue weighted by Gasteiger charge is -2.35. The van der Waals surface area contributed by atoms with Crippen molar-refractivity contribution in [3.05, 3.63) is 123 Å². The molecule has 2 unspecified atom stereocenters. The zero-order valence-corrected chi connectivity index (χ0v) is 22.8. The lowest BCUT2D eigenvalue weighted by atomic mass is 9.69. The molecule has 2 aromatic carbocycles. The summed E-state index contributed by atoms with van der Waals surface area (Å²) in [5.41, 5.74) is 13.7. The molecule has 0 nitrogen and oxygen atoms in total. The second-order valence-corrected chi connectivity index (χ2v) is 11.8. The Labute approximate surface area is 213 Å². The van der Waals surface area contributed by atoms with Gasteiger partial charge in [-0.25, -0.2) is 0 Å². The van der Waals surface area contributed by atoms with Crippen molar-refractivity contribution in [2.24, 2.45) is 5.92 Å². The lowest BCUT2D eigenvalue weighted by molar-refractivity contribution is 0.587. The highest BCUT2D eigenvalue weighted by molar-refractivity contribution is 5.67. The molecular weight excluding hydrogens is 420 g/mol. The van der Waals surface area contributed by atoms with Crippen LogP contribution in [-0.4, -0.2) is 0 Å². The molecule has 1 saturated carbocycles. The molecule has 0 saturated heterocycles. The van der Waals surface area contributed by atoms with Gasteiger partial charge in [0.15, 0.2) is 0 Å². The summed E-state index contributed by atoms with van der Waals surface area (Å²) in [5, 5.41) is 0. The van der Waals surface area contributed by atoms with Crippen LogP contribution in [0.25, 0.3) is 6.08 Å². The zero-order chi connectivity index (χ0) is 25.5. The Balaban J connectivity index is 1.75. The first-order valence-corrected chi connectivity index (χ1v) is 13.2. The molecule has 0 spiro atoms. The molecule has 4 rings (SSSR count). The van der Waals surface area contributed by atoms with Crippen LogP contribution in [0.15, 0.2) is 101 Å². The number of rotatable bonds is 5. The molecule has 0 aromatic heterocycles. The predicted molar refractivity (Wildman–Crippen MR) is 154 cm³/mol. The normalized spacial score (nSPS) is 21.5. The third-order valence-corrected chi connectivity index (χ3v) is 7.94. The van der Waals surface area contributed by atoms with Crippen LogP contribution in [0.2, 0.25) is 0 Å². The first-order chi connectivity index (χ1) is 16.5. The highest BCUT2D eigenvalue weighted by Crippen LogP contribution is 2.55. The maximum Gasteiger partial charge on any atom is 0.0201 e. The van der Waals surface area contributed by atoms with Crippen LogP contribution in [-0.2, 0) is 5.41 Å². The number of hydrogen-bond donors (Lipinski definition) is 0. The van der Waals surface area contributed by atoms with E-state index < -0.39 is 0 Å². The molecule has 35 heavy (non-hydrogen) atoms. The SMILES string of the molecule is C=C(CC)C1=C(C)C=C2CC(=Cc3ccc(C(C)C)cc3)C(=C)C2C1c1ccc(C(C)(C)C)cc1. The van der Waals surface area contributed by atoms with Crippen LogP contribution in [0.3, 0.4) is 0 Å². The summed E-state index contributed by atoms with van der Waals surface area (Å²) >= 11 is 0. The molecule has 0 radical (unpaired) electrons. The van der Waals surface area contributed by atoms with Crippen LogP contribution in [0.4, 0.5) is 0 Å². The van der Waals surface area contributed by atoms with Crippen LogP contribution < -0.4 is 0 Å². The first-order valence-electron chi connectivity index (χ1n) is 13.2. The van der Waals surface area contributed by atoms with Crippen molar-refractivity contribution < 1.29 is 0 Å². The van der Waals surface area contributed by atoms with E-state index in [4.69, 9.17) is 0 Å². The van der Waals surface area contributed by atoms with E-state index in [0.717, 1.165) is 12.8 Å². The molecule has 0 heterocycles. The van der Waals surface area contributed by atoms with E-state index in [2.05, 4.69) is 122 Å². The fourth-order valence-corrected chi connectivity index (χ4v) is 5.75. The van der Waals surface area contributed by atoms with Gasteiger partial charge in [0.25, 0.3) is 0 Å². The van der Waals surface area contributed by atoms with E-state index in [0.29, 0.717) is 11.8 Å². The molecule has 2 aliphatic carbocycles. The third-order valence-electron chi connectivity index (χ3n) is 7.94. The highest BCUT2D eigenvalue weighted by atomic mass is 14.4. The molecule has 2 aromatic rings. The molecule has 2 aliphatic rings. The lowest BCUT2D eigenvalue weighted by Crippen LogP contribution is -2.21. The van der Waals surface area contributed by atoms with Gasteiger partial charge in [-0.05, 0) is 75.6 Å². The Morgan fingerprint density at radius 3 is 2.17 bits per heavy atom. The molecule has 2 atom stereocenters. The van der Waals surface area contributed by atoms with Gasteiger partial charge in [-0.1, -0.05) is 127 Å². The number of benzene rings is 2. The minimum atomic E-state index is 0.149. The summed E-state index contributed by atoms with van der Waals surface area (Å²) in [4.78, 5) is 0. The van der Waals surface area contributed by atoms with Crippen molar-refractivity contribution in [2.75, 3.05) is 0 Å². The monoisotopic (exact) mass is 462 g/mol. The Morgan fingerprint density at radius 1 is 1.00 bits per heavy atom. The Hall–Kier alpha value is -2.86. The summed E-state index contributed by atoms with van der Waals surface area (Å²) < 4.78 is 0. The molecule has 0 heteroatoms. The fraction of sp³-hybridized carbons (Fsp3) is 0.371. The molecule has 0 N–H and O–H groups in total. The summed E-state index contributed by atoms with van der Waals surface area (Å²) in [6.07, 6.45) is 6.73. The highest BCUT2D eigenvalue weighted by Gasteiger charge is 2.40. The van der Waals surface area contributed by atoms with E-state index in [9.17, 15) is 0 Å². The van der Waals surface area contributed by atoms with Crippen LogP contribution >= 0.6 is 0 Å². The third kappa shape index (κ3) is 4.94. The van der Waals surface area contributed by atoms with E-state index in [1.807, 2.05) is 0 Å². The molecular formula is C35H42. The van der Waals surface area contributed by atoms with Crippen molar-refractivity contribution in [3.63, 3.8) is 0 Å². The minimum Gasteiger partial charge on any atom is -0.0955 e. The van der Waals surface area contributed by atoms with Crippen molar-refractivity contribution in [1.29, 1.82) is 0 Å². The molecule has 0 bridgehead atoms. The van der Waals surface area contributed by atoms with Crippen molar-refractivity contribution >= 4 is 6.08 Å². The van der Waals surface area contributed by atoms with Crippen LogP contribution in [0.5, 0.6) is 0 Å². The van der Waals surface area contributed by atoms with Gasteiger partial charge in [-0.15, -0.1) is 0 Å². The summed E-state index contributed by atoms with van der Waals surface area (Å²) in [7, 11) is 0. The van der Waals surface area contributed by atoms with E-state index in [1.54, 1.807) is 0 Å². The Bertz CT molecular complexity index is 1210. The summed E-state index contributed by atoms with van der Waals surface area (Å²) in [6.45, 7) is 25.0. The molecule has 182 valence electrons. The standard InChI is InChI=1S/C35H42/c1-10-23(4)32-24(5)19-30-21-29(20-26-11-13-27(14-12-26)22(2)3)25(6)33(30)34(32)28-15-17-31(18-16-28)35(7,8)9/h11-20,22,33-34H,4,6,10,21H2,1-3,5,7-9H3. The number of allylic oxidation sites excluding steroid dienone is 7. The van der Waals surface area contributed by atoms with Gasteiger partial charge in [0.2, 0.25) is 0 Å². The second-order valence-electron chi connectivity index (χ2n) is 11.8. The minimum absolute atomic E-state index is 0.149. The van der Waals surface area contributed by atoms with Gasteiger partial charge >= 0.3 is 0 Å². The van der Waals surface area contributed by atoms with Crippen LogP contribution in [0, 0.1) is 5.92 Å². The molecule has 0 amide bonds. The smallest absolute Gasteiger partial charge is 0.0201 e. The average molecular weight is 463 g/mol. The summed E-state index contributed by atoms with van der Waals surface area (Å²) in [5.74, 6) is 1.13. The molecule has 1 fully saturated rings. The van der Waals surface area contributed by atoms with E-state index >= 15 is 0 Å².